The van der Waals surface area contributed by atoms with E-state index in [2.05, 4.69) is 25.1 Å². The molecule has 194 valence electrons. The molecule has 0 spiro atoms. The number of nitrogens with one attached hydrogen (secondary N) is 2. The molecule has 2 atom stereocenters. The number of aromatic nitrogens is 4. The third kappa shape index (κ3) is 6.91. The Kier molecular flexibility index (Phi) is 6.19. The molecule has 2 aromatic heterocycles. The minimum Gasteiger partial charge on any atom is -0.453 e. The lowest BCUT2D eigenvalue weighted by atomic mass is 10.0. The predicted molar refractivity (Wildman–Crippen MR) is 136 cm³/mol. The van der Waals surface area contributed by atoms with E-state index in [0.29, 0.717) is 0 Å². The third-order valence-electron chi connectivity index (χ3n) is 4.71. The summed E-state index contributed by atoms with van der Waals surface area (Å²) in [7, 11) is -2.79. The lowest BCUT2D eigenvalue weighted by Crippen LogP contribution is -2.32. The minimum atomic E-state index is -3.92. The maximum absolute atomic E-state index is 15.7. The van der Waals surface area contributed by atoms with Gasteiger partial charge in [-0.15, -0.1) is 0 Å². The van der Waals surface area contributed by atoms with Gasteiger partial charge in [0.2, 0.25) is 10.0 Å². The van der Waals surface area contributed by atoms with Crippen LogP contribution in [0.15, 0.2) is 30.6 Å². The zero-order valence-corrected chi connectivity index (χ0v) is 21.3. The number of methoxy groups -OCH3 is 1. The Morgan fingerprint density at radius 2 is 2.14 bits per heavy atom. The highest BCUT2D eigenvalue weighted by Gasteiger charge is 2.22. The van der Waals surface area contributed by atoms with Crippen LogP contribution in [0, 0.1) is 5.82 Å². The Morgan fingerprint density at radius 3 is 2.81 bits per heavy atom. The average molecular weight is 545 g/mol. The van der Waals surface area contributed by atoms with E-state index in [-0.39, 0.29) is 39.8 Å². The molecule has 0 bridgehead atoms. The van der Waals surface area contributed by atoms with Gasteiger partial charge in [0, 0.05) is 53.9 Å². The van der Waals surface area contributed by atoms with Crippen molar-refractivity contribution in [2.24, 2.45) is 0 Å². The number of amides is 1. The number of sulfonamides is 1. The third-order valence-corrected chi connectivity index (χ3v) is 5.52. The normalized spacial score (nSPS) is 17.3. The van der Waals surface area contributed by atoms with Crippen molar-refractivity contribution in [3.63, 3.8) is 0 Å². The number of hydrogen-bond donors (Lipinski definition) is 2. The van der Waals surface area contributed by atoms with Crippen LogP contribution in [0.2, 0.25) is 5.02 Å². The highest BCUT2D eigenvalue weighted by atomic mass is 35.5. The first-order chi connectivity index (χ1) is 19.2. The molecule has 1 amide bonds. The monoisotopic (exact) mass is 544 g/mol. The first kappa shape index (κ1) is 19.9. The van der Waals surface area contributed by atoms with Crippen LogP contribution in [0.1, 0.15) is 47.1 Å². The van der Waals surface area contributed by atoms with E-state index in [4.69, 9.17) is 19.8 Å². The SMILES string of the molecule is [2H]C([2H])(Cc1nccc(-c2cn(C([2H])(C)C([2H])([2H])[2H])nc2-c2cc(Cl)cc(NS(C)(=O)=O)c2F)n1)[C@H](C)NC(=O)OC. The van der Waals surface area contributed by atoms with Gasteiger partial charge in [-0.1, -0.05) is 11.6 Å². The molecule has 13 heteroatoms. The number of alkyl carbamates (subject to hydrolysis) is 1. The summed E-state index contributed by atoms with van der Waals surface area (Å²) in [4.78, 5) is 20.0. The van der Waals surface area contributed by atoms with Gasteiger partial charge in [-0.05, 0) is 45.3 Å². The molecule has 0 aliphatic rings. The summed E-state index contributed by atoms with van der Waals surface area (Å²) < 4.78 is 95.4. The Morgan fingerprint density at radius 1 is 1.39 bits per heavy atom. The lowest BCUT2D eigenvalue weighted by molar-refractivity contribution is 0.167. The fraction of sp³-hybridized carbons (Fsp3) is 0.391. The molecule has 3 rings (SSSR count). The number of rotatable bonds is 9. The van der Waals surface area contributed by atoms with Gasteiger partial charge in [0.15, 0.2) is 5.82 Å². The van der Waals surface area contributed by atoms with Crippen LogP contribution in [-0.2, 0) is 21.2 Å². The maximum Gasteiger partial charge on any atom is 0.407 e. The highest BCUT2D eigenvalue weighted by molar-refractivity contribution is 7.92. The van der Waals surface area contributed by atoms with Crippen LogP contribution in [0.5, 0.6) is 0 Å². The number of benzene rings is 1. The van der Waals surface area contributed by atoms with E-state index in [9.17, 15) is 13.2 Å². The number of halogens is 2. The quantitative estimate of drug-likeness (QED) is 0.408. The Hall–Kier alpha value is -3.25. The number of hydrogen-bond acceptors (Lipinski definition) is 7. The average Bonchev–Trinajstić information content (AvgIpc) is 3.30. The van der Waals surface area contributed by atoms with Crippen molar-refractivity contribution in [3.05, 3.63) is 47.3 Å². The van der Waals surface area contributed by atoms with Gasteiger partial charge >= 0.3 is 6.09 Å². The zero-order valence-electron chi connectivity index (χ0n) is 25.8. The molecule has 10 nitrogen and oxygen atoms in total. The molecule has 0 fully saturated rings. The predicted octanol–water partition coefficient (Wildman–Crippen LogP) is 4.43. The summed E-state index contributed by atoms with van der Waals surface area (Å²) in [5, 5.41) is 6.48. The molecular weight excluding hydrogens is 511 g/mol. The maximum atomic E-state index is 15.7. The van der Waals surface area contributed by atoms with Crippen molar-refractivity contribution in [1.29, 1.82) is 0 Å². The summed E-state index contributed by atoms with van der Waals surface area (Å²) in [5.74, 6) is -1.10. The second-order valence-corrected chi connectivity index (χ2v) is 9.89. The first-order valence-corrected chi connectivity index (χ1v) is 12.7. The van der Waals surface area contributed by atoms with Crippen molar-refractivity contribution in [1.82, 2.24) is 25.1 Å². The topological polar surface area (TPSA) is 128 Å². The van der Waals surface area contributed by atoms with Crippen LogP contribution < -0.4 is 10.0 Å². The van der Waals surface area contributed by atoms with Gasteiger partial charge in [-0.2, -0.15) is 5.10 Å². The van der Waals surface area contributed by atoms with Gasteiger partial charge in [0.05, 0.1) is 26.1 Å². The second kappa shape index (κ2) is 11.2. The summed E-state index contributed by atoms with van der Waals surface area (Å²) in [5.41, 5.74) is -0.954. The molecule has 0 aliphatic heterocycles. The largest absolute Gasteiger partial charge is 0.453 e. The Labute approximate surface area is 222 Å². The standard InChI is InChI=1S/C23H28ClFN6O4S/c1-13(2)31-12-17(18-8-9-26-20(28-18)7-6-14(3)27-23(32)35-4)22(29-31)16-10-15(24)11-19(21(16)25)30-36(5,33)34/h8-14,30H,6-7H2,1-5H3,(H,27,32)/t14-/m0/s1/i1D3,6D2,13D/t13?,14-. The number of anilines is 1. The summed E-state index contributed by atoms with van der Waals surface area (Å²) in [6.45, 7) is -0.364. The van der Waals surface area contributed by atoms with Gasteiger partial charge in [-0.3, -0.25) is 9.40 Å². The van der Waals surface area contributed by atoms with E-state index >= 15 is 4.39 Å². The van der Waals surface area contributed by atoms with Crippen molar-refractivity contribution in [3.8, 4) is 22.5 Å². The molecule has 0 saturated carbocycles. The van der Waals surface area contributed by atoms with Crippen molar-refractivity contribution in [2.45, 2.75) is 45.6 Å². The fourth-order valence-electron chi connectivity index (χ4n) is 3.13. The van der Waals surface area contributed by atoms with E-state index in [1.54, 1.807) is 0 Å². The highest BCUT2D eigenvalue weighted by Crippen LogP contribution is 2.37. The van der Waals surface area contributed by atoms with Crippen LogP contribution in [-0.4, -0.2) is 53.7 Å². The smallest absolute Gasteiger partial charge is 0.407 e. The zero-order chi connectivity index (χ0) is 31.8. The summed E-state index contributed by atoms with van der Waals surface area (Å²) >= 11 is 6.17. The number of nitrogens with zero attached hydrogens (tertiary/aromatic N) is 4. The van der Waals surface area contributed by atoms with Gasteiger partial charge in [0.25, 0.3) is 0 Å². The van der Waals surface area contributed by atoms with Crippen molar-refractivity contribution in [2.75, 3.05) is 18.1 Å². The van der Waals surface area contributed by atoms with Gasteiger partial charge < -0.3 is 10.1 Å². The van der Waals surface area contributed by atoms with E-state index in [0.717, 1.165) is 37.1 Å². The minimum absolute atomic E-state index is 0.0224. The molecule has 0 radical (unpaired) electrons. The first-order valence-electron chi connectivity index (χ1n) is 13.4. The molecule has 0 saturated heterocycles. The van der Waals surface area contributed by atoms with E-state index < -0.39 is 52.9 Å². The van der Waals surface area contributed by atoms with E-state index in [1.165, 1.54) is 25.4 Å². The Bertz CT molecular complexity index is 1600. The van der Waals surface area contributed by atoms with Crippen LogP contribution >= 0.6 is 11.6 Å². The molecule has 2 heterocycles. The van der Waals surface area contributed by atoms with Crippen LogP contribution in [0.25, 0.3) is 22.5 Å². The summed E-state index contributed by atoms with van der Waals surface area (Å²) in [6.07, 6.45) is 0.0144. The number of aryl methyl sites for hydroxylation is 1. The van der Waals surface area contributed by atoms with Gasteiger partial charge in [0.1, 0.15) is 11.5 Å². The number of ether oxygens (including phenoxy) is 1. The van der Waals surface area contributed by atoms with Crippen LogP contribution in [0.3, 0.4) is 0 Å². The van der Waals surface area contributed by atoms with Crippen molar-refractivity contribution < 1.29 is 30.6 Å². The van der Waals surface area contributed by atoms with Gasteiger partial charge in [-0.25, -0.2) is 27.6 Å². The molecule has 1 aromatic carbocycles. The summed E-state index contributed by atoms with van der Waals surface area (Å²) in [6, 6.07) is 0.238. The fourth-order valence-corrected chi connectivity index (χ4v) is 3.90. The number of carbonyl (C=O) groups is 1. The molecule has 36 heavy (non-hydrogen) atoms. The Balaban J connectivity index is 2.21. The molecule has 1 unspecified atom stereocenters. The molecular formula is C23H28ClFN6O4S. The molecule has 0 aliphatic carbocycles. The second-order valence-electron chi connectivity index (χ2n) is 7.71. The molecule has 3 aromatic rings. The van der Waals surface area contributed by atoms with E-state index in [1.807, 2.05) is 4.72 Å². The van der Waals surface area contributed by atoms with Crippen LogP contribution in [0.4, 0.5) is 14.9 Å². The number of carbonyl (C=O) groups excluding carboxylic acids is 1. The molecule has 2 N–H and O–H groups in total. The lowest BCUT2D eigenvalue weighted by Gasteiger charge is -2.12. The van der Waals surface area contributed by atoms with Crippen molar-refractivity contribution >= 4 is 33.4 Å².